The van der Waals surface area contributed by atoms with Crippen LogP contribution in [0, 0.1) is 0 Å². The van der Waals surface area contributed by atoms with E-state index in [4.69, 9.17) is 18.9 Å². The molecule has 0 bridgehead atoms. The molecule has 3 rings (SSSR count). The third kappa shape index (κ3) is 7.56. The molecular formula is C26H27N3O6. The molecule has 182 valence electrons. The Morgan fingerprint density at radius 3 is 1.97 bits per heavy atom. The minimum Gasteiger partial charge on any atom is -0.493 e. The Kier molecular flexibility index (Phi) is 9.18. The summed E-state index contributed by atoms with van der Waals surface area (Å²) in [6, 6.07) is 19.8. The Labute approximate surface area is 203 Å². The van der Waals surface area contributed by atoms with E-state index in [1.807, 2.05) is 30.3 Å². The van der Waals surface area contributed by atoms with Gasteiger partial charge in [0.1, 0.15) is 0 Å². The van der Waals surface area contributed by atoms with Crippen molar-refractivity contribution in [2.75, 3.05) is 33.3 Å². The molecular weight excluding hydrogens is 450 g/mol. The fourth-order valence-electron chi connectivity index (χ4n) is 3.16. The van der Waals surface area contributed by atoms with Crippen molar-refractivity contribution in [2.24, 2.45) is 10.2 Å². The number of amides is 1. The van der Waals surface area contributed by atoms with Gasteiger partial charge in [0.15, 0.2) is 18.1 Å². The van der Waals surface area contributed by atoms with E-state index in [0.717, 1.165) is 11.3 Å². The molecule has 0 atom stereocenters. The maximum atomic E-state index is 12.1. The average molecular weight is 478 g/mol. The Morgan fingerprint density at radius 1 is 0.800 bits per heavy atom. The van der Waals surface area contributed by atoms with Crippen molar-refractivity contribution >= 4 is 28.9 Å². The molecule has 0 saturated heterocycles. The summed E-state index contributed by atoms with van der Waals surface area (Å²) in [5.41, 5.74) is 2.76. The van der Waals surface area contributed by atoms with E-state index in [1.165, 1.54) is 21.3 Å². The summed E-state index contributed by atoms with van der Waals surface area (Å²) in [6.07, 6.45) is 0.475. The summed E-state index contributed by atoms with van der Waals surface area (Å²) in [6.45, 7) is -0.385. The van der Waals surface area contributed by atoms with Crippen molar-refractivity contribution in [3.05, 3.63) is 72.3 Å². The van der Waals surface area contributed by atoms with Gasteiger partial charge in [0.25, 0.3) is 5.91 Å². The molecule has 1 amide bonds. The Balaban J connectivity index is 1.45. The predicted octanol–water partition coefficient (Wildman–Crippen LogP) is 5.24. The van der Waals surface area contributed by atoms with Gasteiger partial charge in [0.05, 0.1) is 32.7 Å². The maximum absolute atomic E-state index is 12.1. The number of anilines is 1. The molecule has 3 aromatic rings. The molecule has 1 N–H and O–H groups in total. The molecule has 0 saturated carbocycles. The van der Waals surface area contributed by atoms with Crippen molar-refractivity contribution in [3.63, 3.8) is 0 Å². The average Bonchev–Trinajstić information content (AvgIpc) is 2.90. The van der Waals surface area contributed by atoms with Crippen molar-refractivity contribution in [1.29, 1.82) is 0 Å². The van der Waals surface area contributed by atoms with E-state index in [2.05, 4.69) is 15.5 Å². The zero-order valence-corrected chi connectivity index (χ0v) is 19.8. The number of nitrogens with zero attached hydrogens (tertiary/aromatic N) is 2. The van der Waals surface area contributed by atoms with Gasteiger partial charge >= 0.3 is 5.97 Å². The smallest absolute Gasteiger partial charge is 0.306 e. The molecule has 0 aliphatic rings. The van der Waals surface area contributed by atoms with Gasteiger partial charge in [-0.3, -0.25) is 9.59 Å². The van der Waals surface area contributed by atoms with Crippen LogP contribution in [0.1, 0.15) is 12.0 Å². The van der Waals surface area contributed by atoms with Gasteiger partial charge in [-0.05, 0) is 60.5 Å². The first-order chi connectivity index (χ1) is 17.0. The molecule has 9 heteroatoms. The molecule has 0 spiro atoms. The van der Waals surface area contributed by atoms with E-state index in [9.17, 15) is 9.59 Å². The molecule has 9 nitrogen and oxygen atoms in total. The van der Waals surface area contributed by atoms with E-state index < -0.39 is 11.9 Å². The van der Waals surface area contributed by atoms with Gasteiger partial charge < -0.3 is 24.3 Å². The van der Waals surface area contributed by atoms with Gasteiger partial charge in [0, 0.05) is 12.1 Å². The fraction of sp³-hybridized carbons (Fsp3) is 0.231. The number of esters is 1. The van der Waals surface area contributed by atoms with Crippen LogP contribution in [-0.4, -0.2) is 39.8 Å². The second-order valence-electron chi connectivity index (χ2n) is 7.32. The summed E-state index contributed by atoms with van der Waals surface area (Å²) < 4.78 is 21.0. The maximum Gasteiger partial charge on any atom is 0.306 e. The summed E-state index contributed by atoms with van der Waals surface area (Å²) in [5.74, 6) is 0.546. The van der Waals surface area contributed by atoms with Gasteiger partial charge in [-0.2, -0.15) is 10.2 Å². The van der Waals surface area contributed by atoms with E-state index in [-0.39, 0.29) is 13.0 Å². The number of azo groups is 1. The summed E-state index contributed by atoms with van der Waals surface area (Å²) in [7, 11) is 4.57. The van der Waals surface area contributed by atoms with Crippen molar-refractivity contribution in [1.82, 2.24) is 0 Å². The molecule has 0 radical (unpaired) electrons. The van der Waals surface area contributed by atoms with Crippen LogP contribution < -0.4 is 19.5 Å². The summed E-state index contributed by atoms with van der Waals surface area (Å²) in [4.78, 5) is 24.3. The van der Waals surface area contributed by atoms with Crippen LogP contribution in [-0.2, 0) is 20.7 Å². The number of hydrogen-bond acceptors (Lipinski definition) is 8. The normalized spacial score (nSPS) is 10.6. The lowest BCUT2D eigenvalue weighted by atomic mass is 10.1. The zero-order chi connectivity index (χ0) is 25.0. The SMILES string of the molecule is COc1cc(CCC(=O)OCC(=O)Nc2ccc(N=Nc3ccccc3)cc2)cc(OC)c1OC. The third-order valence-corrected chi connectivity index (χ3v) is 4.89. The van der Waals surface area contributed by atoms with Crippen LogP contribution >= 0.6 is 0 Å². The van der Waals surface area contributed by atoms with Crippen LogP contribution in [0.2, 0.25) is 0 Å². The lowest BCUT2D eigenvalue weighted by molar-refractivity contribution is -0.147. The zero-order valence-electron chi connectivity index (χ0n) is 19.8. The number of rotatable bonds is 11. The van der Waals surface area contributed by atoms with Crippen LogP contribution in [0.4, 0.5) is 17.1 Å². The Bertz CT molecular complexity index is 1140. The van der Waals surface area contributed by atoms with Crippen LogP contribution in [0.5, 0.6) is 17.2 Å². The third-order valence-electron chi connectivity index (χ3n) is 4.89. The number of ether oxygens (including phenoxy) is 4. The van der Waals surface area contributed by atoms with Crippen molar-refractivity contribution in [2.45, 2.75) is 12.8 Å². The van der Waals surface area contributed by atoms with Crippen LogP contribution in [0.3, 0.4) is 0 Å². The molecule has 0 aromatic heterocycles. The molecule has 0 unspecified atom stereocenters. The van der Waals surface area contributed by atoms with Crippen molar-refractivity contribution < 1.29 is 28.5 Å². The Morgan fingerprint density at radius 2 is 1.40 bits per heavy atom. The lowest BCUT2D eigenvalue weighted by Crippen LogP contribution is -2.21. The first-order valence-electron chi connectivity index (χ1n) is 10.8. The molecule has 0 heterocycles. The first kappa shape index (κ1) is 25.2. The summed E-state index contributed by atoms with van der Waals surface area (Å²) >= 11 is 0. The highest BCUT2D eigenvalue weighted by Crippen LogP contribution is 2.38. The van der Waals surface area contributed by atoms with Gasteiger partial charge in [-0.15, -0.1) is 0 Å². The highest BCUT2D eigenvalue weighted by Gasteiger charge is 2.15. The van der Waals surface area contributed by atoms with Crippen LogP contribution in [0.15, 0.2) is 77.0 Å². The molecule has 0 aliphatic carbocycles. The number of carbonyl (C=O) groups excluding carboxylic acids is 2. The lowest BCUT2D eigenvalue weighted by Gasteiger charge is -2.14. The number of methoxy groups -OCH3 is 3. The van der Waals surface area contributed by atoms with E-state index in [0.29, 0.717) is 35.0 Å². The monoisotopic (exact) mass is 477 g/mol. The molecule has 3 aromatic carbocycles. The minimum atomic E-state index is -0.495. The van der Waals surface area contributed by atoms with E-state index in [1.54, 1.807) is 36.4 Å². The largest absolute Gasteiger partial charge is 0.493 e. The standard InChI is InChI=1S/C26H27N3O6/c1-32-22-15-18(16-23(33-2)26(22)34-3)9-14-25(31)35-17-24(30)27-19-10-12-21(13-11-19)29-28-20-7-5-4-6-8-20/h4-8,10-13,15-16H,9,14,17H2,1-3H3,(H,27,30). The highest BCUT2D eigenvalue weighted by molar-refractivity contribution is 5.92. The fourth-order valence-corrected chi connectivity index (χ4v) is 3.16. The van der Waals surface area contributed by atoms with E-state index >= 15 is 0 Å². The highest BCUT2D eigenvalue weighted by atomic mass is 16.5. The van der Waals surface area contributed by atoms with Crippen LogP contribution in [0.25, 0.3) is 0 Å². The number of nitrogens with one attached hydrogen (secondary N) is 1. The quantitative estimate of drug-likeness (QED) is 0.299. The second kappa shape index (κ2) is 12.7. The summed E-state index contributed by atoms with van der Waals surface area (Å²) in [5, 5.41) is 11.0. The topological polar surface area (TPSA) is 108 Å². The minimum absolute atomic E-state index is 0.0903. The first-order valence-corrected chi connectivity index (χ1v) is 10.8. The Hall–Kier alpha value is -4.40. The van der Waals surface area contributed by atoms with Gasteiger partial charge in [-0.1, -0.05) is 18.2 Å². The number of carbonyl (C=O) groups is 2. The number of hydrogen-bond donors (Lipinski definition) is 1. The van der Waals surface area contributed by atoms with Gasteiger partial charge in [0.2, 0.25) is 5.75 Å². The molecule has 0 fully saturated rings. The number of benzene rings is 3. The second-order valence-corrected chi connectivity index (χ2v) is 7.32. The molecule has 35 heavy (non-hydrogen) atoms. The molecule has 0 aliphatic heterocycles. The number of aryl methyl sites for hydroxylation is 1. The predicted molar refractivity (Wildman–Crippen MR) is 131 cm³/mol. The van der Waals surface area contributed by atoms with Gasteiger partial charge in [-0.25, -0.2) is 0 Å². The van der Waals surface area contributed by atoms with Crippen molar-refractivity contribution in [3.8, 4) is 17.2 Å².